The fourth-order valence-electron chi connectivity index (χ4n) is 3.20. The molecule has 0 bridgehead atoms. The van der Waals surface area contributed by atoms with E-state index >= 15 is 0 Å². The van der Waals surface area contributed by atoms with Crippen molar-refractivity contribution in [2.45, 2.75) is 38.2 Å². The quantitative estimate of drug-likeness (QED) is 0.378. The maximum absolute atomic E-state index is 12.3. The SMILES string of the molecule is O=C(Nc1cc(-c2ccc(OC3CCCCC3)s2)ccc1Cl)c1coc(I)n1. The van der Waals surface area contributed by atoms with E-state index in [1.54, 1.807) is 17.4 Å². The zero-order valence-electron chi connectivity index (χ0n) is 14.9. The van der Waals surface area contributed by atoms with Gasteiger partial charge < -0.3 is 14.5 Å². The number of ether oxygens (including phenoxy) is 1. The van der Waals surface area contributed by atoms with Crippen molar-refractivity contribution >= 4 is 57.1 Å². The van der Waals surface area contributed by atoms with E-state index in [0.717, 1.165) is 28.3 Å². The first-order valence-electron chi connectivity index (χ1n) is 9.07. The lowest BCUT2D eigenvalue weighted by molar-refractivity contribution is 0.102. The van der Waals surface area contributed by atoms with Crippen LogP contribution in [0.2, 0.25) is 5.02 Å². The van der Waals surface area contributed by atoms with Gasteiger partial charge in [0, 0.05) is 27.5 Å². The first kappa shape index (κ1) is 19.7. The van der Waals surface area contributed by atoms with Gasteiger partial charge in [0.15, 0.2) is 10.8 Å². The van der Waals surface area contributed by atoms with E-state index in [-0.39, 0.29) is 11.6 Å². The van der Waals surface area contributed by atoms with Gasteiger partial charge in [0.2, 0.25) is 0 Å². The average Bonchev–Trinajstić information content (AvgIpc) is 3.33. The van der Waals surface area contributed by atoms with Crippen LogP contribution in [0.3, 0.4) is 0 Å². The Kier molecular flexibility index (Phi) is 6.22. The highest BCUT2D eigenvalue weighted by molar-refractivity contribution is 14.1. The van der Waals surface area contributed by atoms with E-state index in [4.69, 9.17) is 20.8 Å². The van der Waals surface area contributed by atoms with Crippen molar-refractivity contribution < 1.29 is 13.9 Å². The summed E-state index contributed by atoms with van der Waals surface area (Å²) < 4.78 is 11.6. The standard InChI is InChI=1S/C20H18ClIN2O3S/c21-14-7-6-12(10-15(14)23-19(25)16-11-26-20(22)24-16)17-8-9-18(28-17)27-13-4-2-1-3-5-13/h6-11,13H,1-5H2,(H,23,25). The Labute approximate surface area is 185 Å². The maximum Gasteiger partial charge on any atom is 0.277 e. The van der Waals surface area contributed by atoms with Crippen molar-refractivity contribution in [3.8, 4) is 15.5 Å². The van der Waals surface area contributed by atoms with E-state index in [1.165, 1.54) is 25.5 Å². The first-order valence-corrected chi connectivity index (χ1v) is 11.3. The molecule has 4 rings (SSSR count). The van der Waals surface area contributed by atoms with E-state index < -0.39 is 0 Å². The van der Waals surface area contributed by atoms with E-state index in [9.17, 15) is 4.79 Å². The molecule has 3 aromatic rings. The van der Waals surface area contributed by atoms with Gasteiger partial charge in [-0.05, 0) is 55.5 Å². The molecule has 2 aromatic heterocycles. The number of benzene rings is 1. The molecule has 1 fully saturated rings. The van der Waals surface area contributed by atoms with Crippen LogP contribution in [0.15, 0.2) is 41.0 Å². The summed E-state index contributed by atoms with van der Waals surface area (Å²) in [5.74, 6) is -0.363. The number of halogens is 2. The summed E-state index contributed by atoms with van der Waals surface area (Å²) >= 11 is 9.79. The van der Waals surface area contributed by atoms with Crippen molar-refractivity contribution in [3.63, 3.8) is 0 Å². The highest BCUT2D eigenvalue weighted by atomic mass is 127. The number of nitrogens with zero attached hydrogens (tertiary/aromatic N) is 1. The van der Waals surface area contributed by atoms with Crippen molar-refractivity contribution in [2.75, 3.05) is 5.32 Å². The van der Waals surface area contributed by atoms with Crippen LogP contribution >= 0.6 is 45.5 Å². The predicted octanol–water partition coefficient (Wildman–Crippen LogP) is 6.62. The molecule has 1 N–H and O–H groups in total. The Bertz CT molecular complexity index is 981. The third kappa shape index (κ3) is 4.69. The minimum Gasteiger partial charge on any atom is -0.481 e. The minimum atomic E-state index is -0.363. The molecule has 0 unspecified atom stereocenters. The Hall–Kier alpha value is -1.58. The zero-order chi connectivity index (χ0) is 19.5. The normalized spacial score (nSPS) is 14.8. The molecule has 1 aliphatic carbocycles. The highest BCUT2D eigenvalue weighted by Gasteiger charge is 2.17. The molecule has 0 aliphatic heterocycles. The molecule has 1 amide bonds. The number of rotatable bonds is 5. The molecule has 1 aromatic carbocycles. The number of nitrogens with one attached hydrogen (secondary N) is 1. The summed E-state index contributed by atoms with van der Waals surface area (Å²) in [4.78, 5) is 17.4. The molecule has 0 radical (unpaired) electrons. The van der Waals surface area contributed by atoms with Crippen LogP contribution < -0.4 is 10.1 Å². The number of oxazole rings is 1. The second-order valence-electron chi connectivity index (χ2n) is 6.63. The third-order valence-electron chi connectivity index (χ3n) is 4.62. The van der Waals surface area contributed by atoms with Gasteiger partial charge in [0.05, 0.1) is 16.8 Å². The Morgan fingerprint density at radius 3 is 2.82 bits per heavy atom. The van der Waals surface area contributed by atoms with Crippen molar-refractivity contribution in [3.05, 3.63) is 51.2 Å². The molecule has 146 valence electrons. The molecule has 0 spiro atoms. The summed E-state index contributed by atoms with van der Waals surface area (Å²) in [6.45, 7) is 0. The van der Waals surface area contributed by atoms with E-state index in [1.807, 2.05) is 46.9 Å². The molecular weight excluding hydrogens is 511 g/mol. The minimum absolute atomic E-state index is 0.213. The van der Waals surface area contributed by atoms with Gasteiger partial charge in [-0.2, -0.15) is 4.98 Å². The summed E-state index contributed by atoms with van der Waals surface area (Å²) in [5.41, 5.74) is 1.72. The maximum atomic E-state index is 12.3. The number of carbonyl (C=O) groups is 1. The number of hydrogen-bond acceptors (Lipinski definition) is 5. The van der Waals surface area contributed by atoms with Crippen LogP contribution in [0, 0.1) is 3.90 Å². The molecule has 1 saturated carbocycles. The second-order valence-corrected chi connectivity index (χ2v) is 9.01. The summed E-state index contributed by atoms with van der Waals surface area (Å²) in [5, 5.41) is 4.19. The topological polar surface area (TPSA) is 64.4 Å². The molecule has 1 aliphatic rings. The van der Waals surface area contributed by atoms with Crippen molar-refractivity contribution in [1.29, 1.82) is 0 Å². The smallest absolute Gasteiger partial charge is 0.277 e. The lowest BCUT2D eigenvalue weighted by Gasteiger charge is -2.21. The fourth-order valence-corrected chi connectivity index (χ4v) is 4.67. The number of anilines is 1. The van der Waals surface area contributed by atoms with Crippen LogP contribution in [0.4, 0.5) is 5.69 Å². The van der Waals surface area contributed by atoms with Gasteiger partial charge in [-0.1, -0.05) is 35.4 Å². The lowest BCUT2D eigenvalue weighted by Crippen LogP contribution is -2.18. The zero-order valence-corrected chi connectivity index (χ0v) is 18.6. The Morgan fingerprint density at radius 2 is 2.07 bits per heavy atom. The van der Waals surface area contributed by atoms with E-state index in [0.29, 0.717) is 20.7 Å². The van der Waals surface area contributed by atoms with Gasteiger partial charge in [-0.25, -0.2) is 0 Å². The number of carbonyl (C=O) groups excluding carboxylic acids is 1. The lowest BCUT2D eigenvalue weighted by atomic mass is 9.98. The van der Waals surface area contributed by atoms with Crippen molar-refractivity contribution in [2.24, 2.45) is 0 Å². The molecule has 0 atom stereocenters. The number of aromatic nitrogens is 1. The van der Waals surface area contributed by atoms with Crippen LogP contribution in [-0.4, -0.2) is 17.0 Å². The Morgan fingerprint density at radius 1 is 1.25 bits per heavy atom. The number of amides is 1. The predicted molar refractivity (Wildman–Crippen MR) is 119 cm³/mol. The van der Waals surface area contributed by atoms with Crippen LogP contribution in [-0.2, 0) is 0 Å². The first-order chi connectivity index (χ1) is 13.6. The molecule has 28 heavy (non-hydrogen) atoms. The molecule has 2 heterocycles. The van der Waals surface area contributed by atoms with Crippen LogP contribution in [0.5, 0.6) is 5.06 Å². The molecule has 0 saturated heterocycles. The second kappa shape index (κ2) is 8.84. The van der Waals surface area contributed by atoms with Gasteiger partial charge in [0.1, 0.15) is 6.26 Å². The highest BCUT2D eigenvalue weighted by Crippen LogP contribution is 2.37. The van der Waals surface area contributed by atoms with Gasteiger partial charge in [-0.15, -0.1) is 0 Å². The molecular formula is C20H18ClIN2O3S. The number of hydrogen-bond donors (Lipinski definition) is 1. The summed E-state index contributed by atoms with van der Waals surface area (Å²) in [6.07, 6.45) is 7.70. The van der Waals surface area contributed by atoms with Crippen LogP contribution in [0.1, 0.15) is 42.6 Å². The summed E-state index contributed by atoms with van der Waals surface area (Å²) in [7, 11) is 0. The monoisotopic (exact) mass is 528 g/mol. The van der Waals surface area contributed by atoms with Gasteiger partial charge in [0.25, 0.3) is 9.80 Å². The number of thiophene rings is 1. The van der Waals surface area contributed by atoms with Crippen LogP contribution in [0.25, 0.3) is 10.4 Å². The average molecular weight is 529 g/mol. The molecule has 8 heteroatoms. The fraction of sp³-hybridized carbons (Fsp3) is 0.300. The van der Waals surface area contributed by atoms with Gasteiger partial charge in [-0.3, -0.25) is 4.79 Å². The van der Waals surface area contributed by atoms with Gasteiger partial charge >= 0.3 is 0 Å². The summed E-state index contributed by atoms with van der Waals surface area (Å²) in [6, 6.07) is 9.63. The molecule has 5 nitrogen and oxygen atoms in total. The van der Waals surface area contributed by atoms with E-state index in [2.05, 4.69) is 10.3 Å². The Balaban J connectivity index is 1.49. The largest absolute Gasteiger partial charge is 0.481 e. The van der Waals surface area contributed by atoms with Crippen molar-refractivity contribution in [1.82, 2.24) is 4.98 Å². The third-order valence-corrected chi connectivity index (χ3v) is 6.47.